The first-order chi connectivity index (χ1) is 20.9. The number of hydrogen-bond acceptors (Lipinski definition) is 8. The number of methoxy groups -OCH3 is 1. The van der Waals surface area contributed by atoms with E-state index in [1.54, 1.807) is 62.4 Å². The molecule has 2 aromatic rings. The number of carbonyl (C=O) groups is 5. The number of amides is 4. The largest absolute Gasteiger partial charge is 0.497 e. The number of rotatable bonds is 11. The lowest BCUT2D eigenvalue weighted by Crippen LogP contribution is -2.68. The lowest BCUT2D eigenvalue weighted by Gasteiger charge is -2.35. The summed E-state index contributed by atoms with van der Waals surface area (Å²) >= 11 is 0. The third-order valence-corrected chi connectivity index (χ3v) is 7.82. The normalized spacial score (nSPS) is 20.2. The van der Waals surface area contributed by atoms with Crippen molar-refractivity contribution in [2.75, 3.05) is 19.0 Å². The van der Waals surface area contributed by atoms with E-state index >= 15 is 0 Å². The number of ether oxygens (including phenoxy) is 2. The van der Waals surface area contributed by atoms with Crippen LogP contribution in [0.25, 0.3) is 0 Å². The SMILES string of the molecule is COc1ccc(C(=O)N[C@H](C(=O)N2CCC[C@H]2C(=O)N[C@H](C(=O)C2(NC(C)=O)Nc3ccccc3O2)C(C)C)C(C)C)cc1. The van der Waals surface area contributed by atoms with Crippen LogP contribution in [0.15, 0.2) is 48.5 Å². The number of hydrogen-bond donors (Lipinski definition) is 4. The van der Waals surface area contributed by atoms with Crippen LogP contribution < -0.4 is 30.7 Å². The molecule has 0 saturated carbocycles. The van der Waals surface area contributed by atoms with E-state index in [4.69, 9.17) is 9.47 Å². The number of likely N-dealkylation sites (tertiary alicyclic amines) is 1. The fraction of sp³-hybridized carbons (Fsp3) is 0.469. The predicted molar refractivity (Wildman–Crippen MR) is 163 cm³/mol. The van der Waals surface area contributed by atoms with Crippen LogP contribution in [0, 0.1) is 11.8 Å². The topological polar surface area (TPSA) is 155 Å². The smallest absolute Gasteiger partial charge is 0.325 e. The van der Waals surface area contributed by atoms with Crippen molar-refractivity contribution in [3.63, 3.8) is 0 Å². The molecule has 0 aromatic heterocycles. The van der Waals surface area contributed by atoms with Gasteiger partial charge in [0.1, 0.15) is 23.6 Å². The molecule has 1 fully saturated rings. The van der Waals surface area contributed by atoms with Gasteiger partial charge in [-0.2, -0.15) is 0 Å². The van der Waals surface area contributed by atoms with Gasteiger partial charge in [0.15, 0.2) is 0 Å². The zero-order valence-electron chi connectivity index (χ0n) is 25.9. The summed E-state index contributed by atoms with van der Waals surface area (Å²) < 4.78 is 11.1. The number of anilines is 1. The van der Waals surface area contributed by atoms with Gasteiger partial charge in [-0.15, -0.1) is 0 Å². The minimum atomic E-state index is -1.92. The summed E-state index contributed by atoms with van der Waals surface area (Å²) in [4.78, 5) is 68.2. The van der Waals surface area contributed by atoms with Crippen molar-refractivity contribution in [3.05, 3.63) is 54.1 Å². The molecule has 44 heavy (non-hydrogen) atoms. The van der Waals surface area contributed by atoms with Crippen LogP contribution in [-0.4, -0.2) is 71.9 Å². The molecule has 0 bridgehead atoms. The zero-order chi connectivity index (χ0) is 32.2. The van der Waals surface area contributed by atoms with Crippen LogP contribution in [-0.2, 0) is 19.2 Å². The van der Waals surface area contributed by atoms with Gasteiger partial charge in [0.2, 0.25) is 23.5 Å². The predicted octanol–water partition coefficient (Wildman–Crippen LogP) is 2.44. The second-order valence-corrected chi connectivity index (χ2v) is 11.8. The van der Waals surface area contributed by atoms with Crippen molar-refractivity contribution in [1.29, 1.82) is 0 Å². The number of carbonyl (C=O) groups excluding carboxylic acids is 5. The Morgan fingerprint density at radius 1 is 0.955 bits per heavy atom. The summed E-state index contributed by atoms with van der Waals surface area (Å²) in [5.41, 5.74) is 0.892. The molecule has 4 atom stereocenters. The Hall–Kier alpha value is -4.61. The first kappa shape index (κ1) is 32.3. The summed E-state index contributed by atoms with van der Waals surface area (Å²) in [7, 11) is 1.53. The summed E-state index contributed by atoms with van der Waals surface area (Å²) in [6.45, 7) is 8.79. The van der Waals surface area contributed by atoms with E-state index in [9.17, 15) is 24.0 Å². The van der Waals surface area contributed by atoms with Crippen molar-refractivity contribution in [1.82, 2.24) is 20.9 Å². The average molecular weight is 608 g/mol. The van der Waals surface area contributed by atoms with E-state index in [1.165, 1.54) is 18.9 Å². The van der Waals surface area contributed by atoms with Gasteiger partial charge in [-0.25, -0.2) is 0 Å². The highest BCUT2D eigenvalue weighted by Gasteiger charge is 2.51. The summed E-state index contributed by atoms with van der Waals surface area (Å²) in [6.07, 6.45) is 0.974. The number of Topliss-reactive ketones (excluding diaryl/α,β-unsaturated/α-hetero) is 1. The molecule has 0 spiro atoms. The summed E-state index contributed by atoms with van der Waals surface area (Å²) in [5, 5.41) is 11.2. The van der Waals surface area contributed by atoms with E-state index in [1.807, 2.05) is 13.8 Å². The maximum atomic E-state index is 14.0. The van der Waals surface area contributed by atoms with Crippen molar-refractivity contribution in [2.45, 2.75) is 71.4 Å². The molecule has 1 saturated heterocycles. The Kier molecular flexibility index (Phi) is 9.81. The lowest BCUT2D eigenvalue weighted by atomic mass is 9.95. The van der Waals surface area contributed by atoms with Crippen LogP contribution >= 0.6 is 0 Å². The highest BCUT2D eigenvalue weighted by molar-refractivity contribution is 6.02. The Labute approximate surface area is 257 Å². The molecule has 4 rings (SSSR count). The van der Waals surface area contributed by atoms with Gasteiger partial charge in [0, 0.05) is 19.0 Å². The highest BCUT2D eigenvalue weighted by atomic mass is 16.5. The van der Waals surface area contributed by atoms with Crippen LogP contribution in [0.4, 0.5) is 5.69 Å². The second kappa shape index (κ2) is 13.4. The van der Waals surface area contributed by atoms with Gasteiger partial charge >= 0.3 is 5.85 Å². The number of para-hydroxylation sites is 2. The van der Waals surface area contributed by atoms with Gasteiger partial charge < -0.3 is 30.3 Å². The summed E-state index contributed by atoms with van der Waals surface area (Å²) in [6, 6.07) is 10.7. The monoisotopic (exact) mass is 607 g/mol. The van der Waals surface area contributed by atoms with Crippen molar-refractivity contribution in [2.24, 2.45) is 11.8 Å². The lowest BCUT2D eigenvalue weighted by molar-refractivity contribution is -0.145. The molecule has 0 radical (unpaired) electrons. The number of fused-ring (bicyclic) bond motifs is 1. The minimum Gasteiger partial charge on any atom is -0.497 e. The van der Waals surface area contributed by atoms with E-state index in [0.29, 0.717) is 42.1 Å². The van der Waals surface area contributed by atoms with Gasteiger partial charge in [0.25, 0.3) is 5.91 Å². The molecule has 4 N–H and O–H groups in total. The van der Waals surface area contributed by atoms with Crippen LogP contribution in [0.1, 0.15) is 57.8 Å². The first-order valence-corrected chi connectivity index (χ1v) is 14.8. The number of nitrogens with zero attached hydrogens (tertiary/aromatic N) is 1. The molecule has 12 heteroatoms. The molecule has 2 aliphatic heterocycles. The maximum Gasteiger partial charge on any atom is 0.325 e. The van der Waals surface area contributed by atoms with Gasteiger partial charge in [-0.1, -0.05) is 39.8 Å². The molecule has 0 aliphatic carbocycles. The first-order valence-electron chi connectivity index (χ1n) is 14.8. The Morgan fingerprint density at radius 2 is 1.61 bits per heavy atom. The van der Waals surface area contributed by atoms with E-state index < -0.39 is 47.5 Å². The summed E-state index contributed by atoms with van der Waals surface area (Å²) in [5.74, 6) is -3.97. The van der Waals surface area contributed by atoms with Gasteiger partial charge in [-0.3, -0.25) is 29.3 Å². The second-order valence-electron chi connectivity index (χ2n) is 11.8. The Balaban J connectivity index is 1.50. The molecule has 1 unspecified atom stereocenters. The molecular formula is C32H41N5O7. The minimum absolute atomic E-state index is 0.260. The number of benzene rings is 2. The van der Waals surface area contributed by atoms with Crippen molar-refractivity contribution >= 4 is 35.1 Å². The van der Waals surface area contributed by atoms with E-state index in [0.717, 1.165) is 0 Å². The fourth-order valence-corrected chi connectivity index (χ4v) is 5.48. The maximum absolute atomic E-state index is 14.0. The zero-order valence-corrected chi connectivity index (χ0v) is 25.9. The molecule has 12 nitrogen and oxygen atoms in total. The fourth-order valence-electron chi connectivity index (χ4n) is 5.48. The van der Waals surface area contributed by atoms with Crippen LogP contribution in [0.3, 0.4) is 0 Å². The molecule has 236 valence electrons. The van der Waals surface area contributed by atoms with E-state index in [-0.39, 0.29) is 17.7 Å². The molecule has 2 heterocycles. The third kappa shape index (κ3) is 6.79. The quantitative estimate of drug-likeness (QED) is 0.304. The molecule has 2 aromatic carbocycles. The Bertz CT molecular complexity index is 1380. The van der Waals surface area contributed by atoms with Crippen molar-refractivity contribution in [3.8, 4) is 11.5 Å². The number of ketones is 1. The third-order valence-electron chi connectivity index (χ3n) is 7.82. The molecule has 2 aliphatic rings. The molecule has 4 amide bonds. The van der Waals surface area contributed by atoms with Gasteiger partial charge in [-0.05, 0) is 61.1 Å². The number of nitrogens with one attached hydrogen (secondary N) is 4. The van der Waals surface area contributed by atoms with Crippen molar-refractivity contribution < 1.29 is 33.4 Å². The standard InChI is InChI=1S/C32H41N5O7/c1-18(2)26(28(39)32(35-20(5)38)36-23-10-7-8-12-25(23)44-32)33-30(41)24-11-9-17-37(24)31(42)27(19(3)4)34-29(40)21-13-15-22(43-6)16-14-21/h7-8,10,12-16,18-19,24,26-27,36H,9,11,17H2,1-6H3,(H,33,41)(H,34,40)(H,35,38)/t24-,26-,27-,32?/m0/s1. The average Bonchev–Trinajstić information content (AvgIpc) is 3.63. The highest BCUT2D eigenvalue weighted by Crippen LogP contribution is 2.36. The van der Waals surface area contributed by atoms with Crippen LogP contribution in [0.5, 0.6) is 11.5 Å². The van der Waals surface area contributed by atoms with Crippen LogP contribution in [0.2, 0.25) is 0 Å². The van der Waals surface area contributed by atoms with E-state index in [2.05, 4.69) is 21.3 Å². The van der Waals surface area contributed by atoms with Gasteiger partial charge in [0.05, 0.1) is 18.8 Å². The molecular weight excluding hydrogens is 566 g/mol. The Morgan fingerprint density at radius 3 is 2.20 bits per heavy atom.